The average Bonchev–Trinajstić information content (AvgIpc) is 3.74. The van der Waals surface area contributed by atoms with Crippen molar-refractivity contribution in [2.75, 3.05) is 12.3 Å². The molecule has 11 heteroatoms. The molecule has 1 aromatic carbocycles. The van der Waals surface area contributed by atoms with Crippen LogP contribution in [-0.2, 0) is 16.1 Å². The van der Waals surface area contributed by atoms with Crippen molar-refractivity contribution in [3.05, 3.63) is 62.6 Å². The van der Waals surface area contributed by atoms with Crippen molar-refractivity contribution >= 4 is 34.6 Å². The smallest absolute Gasteiger partial charge is 0.330 e. The number of fused-ring (bicyclic) bond motifs is 1. The van der Waals surface area contributed by atoms with Crippen LogP contribution in [0.25, 0.3) is 11.0 Å². The van der Waals surface area contributed by atoms with Gasteiger partial charge in [-0.1, -0.05) is 42.1 Å². The van der Waals surface area contributed by atoms with Gasteiger partial charge in [0.25, 0.3) is 5.56 Å². The summed E-state index contributed by atoms with van der Waals surface area (Å²) in [6.45, 7) is 0.538. The number of benzene rings is 1. The molecule has 0 saturated heterocycles. The van der Waals surface area contributed by atoms with Gasteiger partial charge in [0.05, 0.1) is 5.75 Å². The maximum absolute atomic E-state index is 13.2. The minimum atomic E-state index is -0.547. The van der Waals surface area contributed by atoms with Crippen molar-refractivity contribution in [3.63, 3.8) is 0 Å². The molecule has 0 atom stereocenters. The highest BCUT2D eigenvalue weighted by atomic mass is 32.2. The number of nitrogens with zero attached hydrogens (tertiary/aromatic N) is 4. The summed E-state index contributed by atoms with van der Waals surface area (Å²) in [4.78, 5) is 63.1. The lowest BCUT2D eigenvalue weighted by molar-refractivity contribution is -0.129. The Balaban J connectivity index is 1.44. The van der Waals surface area contributed by atoms with Gasteiger partial charge >= 0.3 is 5.69 Å². The molecule has 2 aliphatic rings. The molecule has 10 nitrogen and oxygen atoms in total. The van der Waals surface area contributed by atoms with Crippen molar-refractivity contribution in [1.82, 2.24) is 24.4 Å². The molecule has 3 N–H and O–H groups in total. The largest absolute Gasteiger partial charge is 0.370 e. The Bertz CT molecular complexity index is 1390. The molecule has 2 aliphatic carbocycles. The van der Waals surface area contributed by atoms with Crippen LogP contribution in [0.5, 0.6) is 0 Å². The molecule has 0 unspecified atom stereocenters. The molecule has 2 amide bonds. The first-order valence-corrected chi connectivity index (χ1v) is 12.7. The highest BCUT2D eigenvalue weighted by Gasteiger charge is 2.32. The number of rotatable bonds is 10. The van der Waals surface area contributed by atoms with E-state index in [1.54, 1.807) is 9.47 Å². The lowest BCUT2D eigenvalue weighted by Crippen LogP contribution is -2.35. The van der Waals surface area contributed by atoms with E-state index < -0.39 is 17.2 Å². The first kappa shape index (κ1) is 23.3. The van der Waals surface area contributed by atoms with Gasteiger partial charge in [0.15, 0.2) is 5.65 Å². The number of nitrogens with two attached hydrogens (primary N) is 1. The zero-order valence-electron chi connectivity index (χ0n) is 19.1. The molecule has 3 aromatic rings. The summed E-state index contributed by atoms with van der Waals surface area (Å²) in [5, 5.41) is 0.640. The summed E-state index contributed by atoms with van der Waals surface area (Å²) in [6, 6.07) is 9.52. The van der Waals surface area contributed by atoms with E-state index in [-0.39, 0.29) is 42.0 Å². The molecular formula is C24H26N6O4S. The summed E-state index contributed by atoms with van der Waals surface area (Å²) < 4.78 is 1.56. The Hall–Kier alpha value is -3.47. The molecule has 5 rings (SSSR count). The molecule has 2 heterocycles. The summed E-state index contributed by atoms with van der Waals surface area (Å²) in [6.07, 6.45) is 3.70. The van der Waals surface area contributed by atoms with Crippen LogP contribution in [0.1, 0.15) is 55.5 Å². The third-order valence-corrected chi connectivity index (χ3v) is 7.11. The fourth-order valence-electron chi connectivity index (χ4n) is 4.00. The van der Waals surface area contributed by atoms with Crippen LogP contribution in [0, 0.1) is 0 Å². The van der Waals surface area contributed by atoms with E-state index in [9.17, 15) is 19.2 Å². The molecule has 0 bridgehead atoms. The fourth-order valence-corrected chi connectivity index (χ4v) is 4.93. The van der Waals surface area contributed by atoms with Gasteiger partial charge in [0.2, 0.25) is 11.8 Å². The normalized spacial score (nSPS) is 15.3. The van der Waals surface area contributed by atoms with Gasteiger partial charge in [-0.25, -0.2) is 14.8 Å². The molecule has 0 spiro atoms. The van der Waals surface area contributed by atoms with Crippen molar-refractivity contribution in [3.8, 4) is 0 Å². The average molecular weight is 495 g/mol. The summed E-state index contributed by atoms with van der Waals surface area (Å²) in [5.74, 6) is 0.156. The highest BCUT2D eigenvalue weighted by molar-refractivity contribution is 8.00. The quantitative estimate of drug-likeness (QED) is 0.322. The summed E-state index contributed by atoms with van der Waals surface area (Å²) >= 11 is 1.16. The van der Waals surface area contributed by atoms with E-state index in [1.807, 2.05) is 30.3 Å². The molecule has 182 valence electrons. The van der Waals surface area contributed by atoms with Crippen LogP contribution in [0.2, 0.25) is 0 Å². The van der Waals surface area contributed by atoms with Gasteiger partial charge < -0.3 is 10.6 Å². The molecule has 35 heavy (non-hydrogen) atoms. The van der Waals surface area contributed by atoms with Gasteiger partial charge in [0.1, 0.15) is 16.2 Å². The number of thioether (sulfide) groups is 1. The molecule has 2 fully saturated rings. The number of hydrogen-bond donors (Lipinski definition) is 2. The van der Waals surface area contributed by atoms with Crippen molar-refractivity contribution in [2.45, 2.75) is 55.6 Å². The lowest BCUT2D eigenvalue weighted by Gasteiger charge is -2.22. The minimum absolute atomic E-state index is 0.0177. The van der Waals surface area contributed by atoms with Gasteiger partial charge in [-0.2, -0.15) is 0 Å². The van der Waals surface area contributed by atoms with E-state index in [4.69, 9.17) is 5.73 Å². The van der Waals surface area contributed by atoms with E-state index in [0.29, 0.717) is 23.0 Å². The number of amides is 2. The number of hydrogen-bond acceptors (Lipinski definition) is 7. The maximum Gasteiger partial charge on any atom is 0.330 e. The van der Waals surface area contributed by atoms with Crippen LogP contribution >= 0.6 is 11.8 Å². The molecular weight excluding hydrogens is 468 g/mol. The zero-order valence-corrected chi connectivity index (χ0v) is 19.9. The van der Waals surface area contributed by atoms with E-state index in [2.05, 4.69) is 15.0 Å². The number of nitrogens with one attached hydrogen (secondary N) is 1. The second kappa shape index (κ2) is 9.65. The second-order valence-corrected chi connectivity index (χ2v) is 9.99. The molecule has 0 radical (unpaired) electrons. The fraction of sp³-hybridized carbons (Fsp3) is 0.417. The SMILES string of the molecule is NC(=O)CCN(Cc1ccccc1)C(=O)CSc1nc(C2CC2)nc2c1c(=O)[nH]c(=O)n2C1CC1. The van der Waals surface area contributed by atoms with Crippen molar-refractivity contribution in [2.24, 2.45) is 5.73 Å². The number of aromatic nitrogens is 4. The van der Waals surface area contributed by atoms with Crippen LogP contribution in [0.4, 0.5) is 0 Å². The van der Waals surface area contributed by atoms with Gasteiger partial charge in [-0.05, 0) is 31.2 Å². The molecule has 2 saturated carbocycles. The number of aromatic amines is 1. The van der Waals surface area contributed by atoms with Crippen LogP contribution in [0.3, 0.4) is 0 Å². The standard InChI is InChI=1S/C24H26N6O4S/c25-17(31)10-11-29(12-14-4-2-1-3-5-14)18(32)13-35-23-19-21(26-20(27-23)15-6-7-15)30(16-8-9-16)24(34)28-22(19)33/h1-5,15-16H,6-13H2,(H2,25,31)(H,28,33,34). The molecule has 2 aromatic heterocycles. The minimum Gasteiger partial charge on any atom is -0.370 e. The van der Waals surface area contributed by atoms with Gasteiger partial charge in [0, 0.05) is 31.5 Å². The molecule has 0 aliphatic heterocycles. The lowest BCUT2D eigenvalue weighted by atomic mass is 10.2. The first-order valence-electron chi connectivity index (χ1n) is 11.7. The number of carbonyl (C=O) groups is 2. The van der Waals surface area contributed by atoms with E-state index >= 15 is 0 Å². The van der Waals surface area contributed by atoms with Gasteiger partial charge in [-0.3, -0.25) is 23.9 Å². The van der Waals surface area contributed by atoms with E-state index in [0.717, 1.165) is 43.0 Å². The Morgan fingerprint density at radius 2 is 1.86 bits per heavy atom. The van der Waals surface area contributed by atoms with Crippen LogP contribution in [-0.4, -0.2) is 48.5 Å². The third kappa shape index (κ3) is 5.29. The Kier molecular flexibility index (Phi) is 6.42. The summed E-state index contributed by atoms with van der Waals surface area (Å²) in [7, 11) is 0. The van der Waals surface area contributed by atoms with Crippen molar-refractivity contribution in [1.29, 1.82) is 0 Å². The predicted molar refractivity (Wildman–Crippen MR) is 131 cm³/mol. The number of H-pyrrole nitrogens is 1. The Labute approximate surface area is 204 Å². The number of carbonyl (C=O) groups excluding carboxylic acids is 2. The second-order valence-electron chi connectivity index (χ2n) is 9.03. The van der Waals surface area contributed by atoms with E-state index in [1.165, 1.54) is 0 Å². The van der Waals surface area contributed by atoms with Gasteiger partial charge in [-0.15, -0.1) is 0 Å². The predicted octanol–water partition coefficient (Wildman–Crippen LogP) is 1.69. The zero-order chi connectivity index (χ0) is 24.5. The number of primary amides is 1. The first-order chi connectivity index (χ1) is 16.9. The monoisotopic (exact) mass is 494 g/mol. The maximum atomic E-state index is 13.2. The summed E-state index contributed by atoms with van der Waals surface area (Å²) in [5.41, 5.74) is 5.60. The Morgan fingerprint density at radius 3 is 2.51 bits per heavy atom. The third-order valence-electron chi connectivity index (χ3n) is 6.15. The highest BCUT2D eigenvalue weighted by Crippen LogP contribution is 2.40. The Morgan fingerprint density at radius 1 is 1.11 bits per heavy atom. The topological polar surface area (TPSA) is 144 Å². The van der Waals surface area contributed by atoms with Crippen molar-refractivity contribution < 1.29 is 9.59 Å². The van der Waals surface area contributed by atoms with Crippen LogP contribution in [0.15, 0.2) is 44.9 Å². The van der Waals surface area contributed by atoms with Crippen LogP contribution < -0.4 is 17.0 Å².